The van der Waals surface area contributed by atoms with Gasteiger partial charge in [-0.15, -0.1) is 0 Å². The number of carbonyl (C=O) groups is 1. The standard InChI is InChI=1S/C26H28ClN5O2/c1-28-23-7-8-29-24-11-17(3-5-21(23)24)14-32-10-9-31(25(16-34-2)26(32)33)15-20-13-18-12-19(27)4-6-22(18)30-20/h3-8,11-13,25,30H,9-10,14-16H2,1-2H3,(H,28,29)/t25-/m0/s1. The van der Waals surface area contributed by atoms with Gasteiger partial charge in [-0.2, -0.15) is 0 Å². The molecular formula is C26H28ClN5O2. The van der Waals surface area contributed by atoms with E-state index in [0.717, 1.165) is 45.3 Å². The number of methoxy groups -OCH3 is 1. The number of halogens is 1. The van der Waals surface area contributed by atoms with Gasteiger partial charge in [0, 0.05) is 79.2 Å². The molecule has 0 aliphatic carbocycles. The lowest BCUT2D eigenvalue weighted by atomic mass is 10.1. The summed E-state index contributed by atoms with van der Waals surface area (Å²) in [5.41, 5.74) is 5.13. The molecule has 0 bridgehead atoms. The number of ether oxygens (including phenoxy) is 1. The molecule has 34 heavy (non-hydrogen) atoms. The number of carbonyl (C=O) groups excluding carboxylic acids is 1. The van der Waals surface area contributed by atoms with E-state index in [2.05, 4.69) is 44.5 Å². The normalized spacial score (nSPS) is 17.1. The van der Waals surface area contributed by atoms with E-state index in [1.807, 2.05) is 36.2 Å². The Bertz CT molecular complexity index is 1340. The number of amides is 1. The number of hydrogen-bond acceptors (Lipinski definition) is 5. The molecule has 0 saturated carbocycles. The Labute approximate surface area is 203 Å². The number of aromatic nitrogens is 2. The van der Waals surface area contributed by atoms with Crippen LogP contribution >= 0.6 is 11.6 Å². The Morgan fingerprint density at radius 2 is 2.03 bits per heavy atom. The first-order chi connectivity index (χ1) is 16.6. The van der Waals surface area contributed by atoms with Crippen LogP contribution in [0.25, 0.3) is 21.8 Å². The summed E-state index contributed by atoms with van der Waals surface area (Å²) in [7, 11) is 3.55. The molecule has 2 aromatic carbocycles. The smallest absolute Gasteiger partial charge is 0.242 e. The molecule has 8 heteroatoms. The molecule has 1 aliphatic rings. The third-order valence-corrected chi connectivity index (χ3v) is 6.72. The maximum absolute atomic E-state index is 13.5. The highest BCUT2D eigenvalue weighted by Crippen LogP contribution is 2.25. The van der Waals surface area contributed by atoms with Crippen LogP contribution in [0.1, 0.15) is 11.3 Å². The molecule has 176 valence electrons. The van der Waals surface area contributed by atoms with E-state index in [1.54, 1.807) is 13.3 Å². The third-order valence-electron chi connectivity index (χ3n) is 6.48. The van der Waals surface area contributed by atoms with Crippen molar-refractivity contribution in [1.29, 1.82) is 0 Å². The summed E-state index contributed by atoms with van der Waals surface area (Å²) in [6.07, 6.45) is 1.80. The summed E-state index contributed by atoms with van der Waals surface area (Å²) >= 11 is 6.14. The lowest BCUT2D eigenvalue weighted by Crippen LogP contribution is -2.57. The Morgan fingerprint density at radius 1 is 1.15 bits per heavy atom. The summed E-state index contributed by atoms with van der Waals surface area (Å²) in [5, 5.41) is 6.06. The Morgan fingerprint density at radius 3 is 2.85 bits per heavy atom. The molecule has 3 heterocycles. The fraction of sp³-hybridized carbons (Fsp3) is 0.308. The molecule has 2 N–H and O–H groups in total. The van der Waals surface area contributed by atoms with E-state index in [4.69, 9.17) is 16.3 Å². The Kier molecular flexibility index (Phi) is 6.41. The van der Waals surface area contributed by atoms with Crippen molar-refractivity contribution in [3.05, 3.63) is 71.0 Å². The molecule has 4 aromatic rings. The van der Waals surface area contributed by atoms with Crippen LogP contribution in [0.5, 0.6) is 0 Å². The highest BCUT2D eigenvalue weighted by Gasteiger charge is 2.35. The van der Waals surface area contributed by atoms with Crippen molar-refractivity contribution >= 4 is 45.0 Å². The average molecular weight is 478 g/mol. The van der Waals surface area contributed by atoms with Crippen LogP contribution < -0.4 is 5.32 Å². The van der Waals surface area contributed by atoms with E-state index in [1.165, 1.54) is 0 Å². The minimum Gasteiger partial charge on any atom is -0.388 e. The second-order valence-corrected chi connectivity index (χ2v) is 9.12. The number of piperazine rings is 1. The molecule has 0 radical (unpaired) electrons. The predicted octanol–water partition coefficient (Wildman–Crippen LogP) is 4.27. The number of nitrogens with zero attached hydrogens (tertiary/aromatic N) is 3. The largest absolute Gasteiger partial charge is 0.388 e. The maximum atomic E-state index is 13.5. The van der Waals surface area contributed by atoms with Gasteiger partial charge in [-0.05, 0) is 42.0 Å². The zero-order valence-electron chi connectivity index (χ0n) is 19.3. The molecule has 1 aliphatic heterocycles. The van der Waals surface area contributed by atoms with Gasteiger partial charge in [0.05, 0.1) is 12.1 Å². The number of aromatic amines is 1. The summed E-state index contributed by atoms with van der Waals surface area (Å²) < 4.78 is 5.44. The number of rotatable bonds is 7. The number of fused-ring (bicyclic) bond motifs is 2. The van der Waals surface area contributed by atoms with Gasteiger partial charge in [0.2, 0.25) is 5.91 Å². The van der Waals surface area contributed by atoms with Crippen LogP contribution in [0.4, 0.5) is 5.69 Å². The zero-order chi connectivity index (χ0) is 23.7. The van der Waals surface area contributed by atoms with Crippen molar-refractivity contribution in [3.63, 3.8) is 0 Å². The van der Waals surface area contributed by atoms with Crippen LogP contribution in [-0.4, -0.2) is 65.6 Å². The summed E-state index contributed by atoms with van der Waals surface area (Å²) in [4.78, 5) is 25.5. The van der Waals surface area contributed by atoms with E-state index in [9.17, 15) is 4.79 Å². The average Bonchev–Trinajstić information content (AvgIpc) is 3.24. The topological polar surface area (TPSA) is 73.5 Å². The second kappa shape index (κ2) is 9.62. The van der Waals surface area contributed by atoms with Crippen molar-refractivity contribution in [3.8, 4) is 0 Å². The van der Waals surface area contributed by atoms with E-state index < -0.39 is 0 Å². The minimum absolute atomic E-state index is 0.0873. The Hall–Kier alpha value is -3.13. The highest BCUT2D eigenvalue weighted by atomic mass is 35.5. The number of pyridine rings is 1. The summed E-state index contributed by atoms with van der Waals surface area (Å²) in [6, 6.07) is 15.7. The van der Waals surface area contributed by atoms with Gasteiger partial charge in [0.25, 0.3) is 0 Å². The van der Waals surface area contributed by atoms with Crippen molar-refractivity contribution < 1.29 is 9.53 Å². The summed E-state index contributed by atoms with van der Waals surface area (Å²) in [6.45, 7) is 2.98. The molecule has 1 fully saturated rings. The second-order valence-electron chi connectivity index (χ2n) is 8.69. The molecule has 7 nitrogen and oxygen atoms in total. The van der Waals surface area contributed by atoms with E-state index in [0.29, 0.717) is 31.3 Å². The molecule has 0 spiro atoms. The van der Waals surface area contributed by atoms with Crippen LogP contribution in [0.2, 0.25) is 5.02 Å². The zero-order valence-corrected chi connectivity index (χ0v) is 20.1. The van der Waals surface area contributed by atoms with Gasteiger partial charge >= 0.3 is 0 Å². The van der Waals surface area contributed by atoms with Crippen LogP contribution in [0.15, 0.2) is 54.7 Å². The van der Waals surface area contributed by atoms with Crippen LogP contribution in [-0.2, 0) is 22.6 Å². The maximum Gasteiger partial charge on any atom is 0.242 e. The number of anilines is 1. The molecule has 1 saturated heterocycles. The number of benzene rings is 2. The monoisotopic (exact) mass is 477 g/mol. The molecule has 2 aromatic heterocycles. The van der Waals surface area contributed by atoms with Gasteiger partial charge in [0.15, 0.2) is 0 Å². The Balaban J connectivity index is 1.32. The number of nitrogens with one attached hydrogen (secondary N) is 2. The van der Waals surface area contributed by atoms with Crippen molar-refractivity contribution in [2.75, 3.05) is 39.2 Å². The van der Waals surface area contributed by atoms with Gasteiger partial charge < -0.3 is 19.9 Å². The highest BCUT2D eigenvalue weighted by molar-refractivity contribution is 6.31. The first kappa shape index (κ1) is 22.7. The van der Waals surface area contributed by atoms with Gasteiger partial charge in [-0.25, -0.2) is 0 Å². The molecule has 1 amide bonds. The molecular weight excluding hydrogens is 450 g/mol. The number of hydrogen-bond donors (Lipinski definition) is 2. The van der Waals surface area contributed by atoms with Gasteiger partial charge in [-0.3, -0.25) is 14.7 Å². The lowest BCUT2D eigenvalue weighted by Gasteiger charge is -2.40. The van der Waals surface area contributed by atoms with Crippen molar-refractivity contribution in [1.82, 2.24) is 19.8 Å². The van der Waals surface area contributed by atoms with Crippen LogP contribution in [0, 0.1) is 0 Å². The van der Waals surface area contributed by atoms with E-state index in [-0.39, 0.29) is 11.9 Å². The minimum atomic E-state index is -0.330. The first-order valence-electron chi connectivity index (χ1n) is 11.4. The fourth-order valence-corrected chi connectivity index (χ4v) is 4.94. The molecule has 0 unspecified atom stereocenters. The number of H-pyrrole nitrogens is 1. The molecule has 5 rings (SSSR count). The summed E-state index contributed by atoms with van der Waals surface area (Å²) in [5.74, 6) is 0.0873. The van der Waals surface area contributed by atoms with Gasteiger partial charge in [0.1, 0.15) is 6.04 Å². The quantitative estimate of drug-likeness (QED) is 0.416. The van der Waals surface area contributed by atoms with Crippen molar-refractivity contribution in [2.45, 2.75) is 19.1 Å². The van der Waals surface area contributed by atoms with Gasteiger partial charge in [-0.1, -0.05) is 23.7 Å². The lowest BCUT2D eigenvalue weighted by molar-refractivity contribution is -0.145. The van der Waals surface area contributed by atoms with Crippen molar-refractivity contribution in [2.24, 2.45) is 0 Å². The SMILES string of the molecule is CNc1ccnc2cc(CN3CCN(Cc4cc5cc(Cl)ccc5[nH]4)[C@@H](COC)C3=O)ccc12. The third kappa shape index (κ3) is 4.46. The predicted molar refractivity (Wildman–Crippen MR) is 136 cm³/mol. The first-order valence-corrected chi connectivity index (χ1v) is 11.8. The molecule has 1 atom stereocenters. The van der Waals surface area contributed by atoms with E-state index >= 15 is 0 Å². The fourth-order valence-electron chi connectivity index (χ4n) is 4.76. The van der Waals surface area contributed by atoms with Crippen LogP contribution in [0.3, 0.4) is 0 Å².